The maximum atomic E-state index is 12.2. The van der Waals surface area contributed by atoms with Crippen LogP contribution in [-0.2, 0) is 9.59 Å². The van der Waals surface area contributed by atoms with Crippen molar-refractivity contribution in [2.75, 3.05) is 13.1 Å². The van der Waals surface area contributed by atoms with Gasteiger partial charge in [0.05, 0.1) is 6.42 Å². The maximum Gasteiger partial charge on any atom is 0.305 e. The van der Waals surface area contributed by atoms with Crippen LogP contribution in [0.3, 0.4) is 0 Å². The molecule has 1 aliphatic rings. The maximum absolute atomic E-state index is 12.2. The van der Waals surface area contributed by atoms with Gasteiger partial charge in [0.25, 0.3) is 0 Å². The lowest BCUT2D eigenvalue weighted by Gasteiger charge is -2.42. The van der Waals surface area contributed by atoms with Gasteiger partial charge in [-0.1, -0.05) is 6.42 Å². The minimum Gasteiger partial charge on any atom is -0.481 e. The van der Waals surface area contributed by atoms with E-state index in [1.54, 1.807) is 4.90 Å². The summed E-state index contributed by atoms with van der Waals surface area (Å²) in [5, 5.41) is 8.70. The Morgan fingerprint density at radius 3 is 2.33 bits per heavy atom. The predicted octanol–water partition coefficient (Wildman–Crippen LogP) is 1.22. The Bertz CT molecular complexity index is 306. The molecule has 1 aliphatic carbocycles. The lowest BCUT2D eigenvalue weighted by Crippen LogP contribution is -2.45. The molecule has 1 saturated carbocycles. The number of hydrogen-bond acceptors (Lipinski definition) is 3. The second-order valence-electron chi connectivity index (χ2n) is 5.56. The zero-order valence-corrected chi connectivity index (χ0v) is 11.3. The van der Waals surface area contributed by atoms with E-state index in [-0.39, 0.29) is 30.3 Å². The van der Waals surface area contributed by atoms with E-state index < -0.39 is 5.97 Å². The van der Waals surface area contributed by atoms with E-state index in [1.165, 1.54) is 0 Å². The number of carboxylic acids is 1. The summed E-state index contributed by atoms with van der Waals surface area (Å²) in [4.78, 5) is 24.5. The summed E-state index contributed by atoms with van der Waals surface area (Å²) in [7, 11) is 0. The molecule has 0 unspecified atom stereocenters. The Morgan fingerprint density at radius 2 is 2.00 bits per heavy atom. The summed E-state index contributed by atoms with van der Waals surface area (Å²) in [6, 6.07) is 0.0340. The molecule has 18 heavy (non-hydrogen) atoms. The topological polar surface area (TPSA) is 83.6 Å². The molecular formula is C13H24N2O3. The number of hydrogen-bond donors (Lipinski definition) is 2. The van der Waals surface area contributed by atoms with Crippen molar-refractivity contribution in [3.8, 4) is 0 Å². The molecule has 5 nitrogen and oxygen atoms in total. The summed E-state index contributed by atoms with van der Waals surface area (Å²) in [5.74, 6) is -0.831. The van der Waals surface area contributed by atoms with Crippen molar-refractivity contribution in [2.45, 2.75) is 52.0 Å². The van der Waals surface area contributed by atoms with Crippen LogP contribution in [0.2, 0.25) is 0 Å². The van der Waals surface area contributed by atoms with Crippen LogP contribution in [0.4, 0.5) is 0 Å². The van der Waals surface area contributed by atoms with E-state index in [4.69, 9.17) is 10.8 Å². The first-order valence-corrected chi connectivity index (χ1v) is 6.61. The molecule has 104 valence electrons. The molecule has 0 aromatic carbocycles. The zero-order valence-electron chi connectivity index (χ0n) is 11.3. The van der Waals surface area contributed by atoms with E-state index in [1.807, 2.05) is 13.8 Å². The summed E-state index contributed by atoms with van der Waals surface area (Å²) in [5.41, 5.74) is 5.73. The first-order chi connectivity index (χ1) is 8.40. The highest BCUT2D eigenvalue weighted by Crippen LogP contribution is 2.43. The van der Waals surface area contributed by atoms with Crippen molar-refractivity contribution in [1.82, 2.24) is 4.90 Å². The van der Waals surface area contributed by atoms with Gasteiger partial charge >= 0.3 is 5.97 Å². The fraction of sp³-hybridized carbons (Fsp3) is 0.846. The van der Waals surface area contributed by atoms with E-state index in [2.05, 4.69) is 0 Å². The Balaban J connectivity index is 2.56. The van der Waals surface area contributed by atoms with Crippen molar-refractivity contribution in [3.63, 3.8) is 0 Å². The van der Waals surface area contributed by atoms with Crippen LogP contribution in [-0.4, -0.2) is 41.0 Å². The normalized spacial score (nSPS) is 17.3. The van der Waals surface area contributed by atoms with E-state index in [0.717, 1.165) is 19.3 Å². The number of nitrogens with two attached hydrogens (primary N) is 1. The van der Waals surface area contributed by atoms with Crippen molar-refractivity contribution in [2.24, 2.45) is 11.1 Å². The van der Waals surface area contributed by atoms with Crippen LogP contribution in [0, 0.1) is 5.41 Å². The largest absolute Gasteiger partial charge is 0.481 e. The van der Waals surface area contributed by atoms with Crippen LogP contribution in [0.15, 0.2) is 0 Å². The van der Waals surface area contributed by atoms with Crippen LogP contribution >= 0.6 is 0 Å². The van der Waals surface area contributed by atoms with Gasteiger partial charge in [-0.05, 0) is 38.6 Å². The molecule has 0 saturated heterocycles. The molecule has 0 bridgehead atoms. The van der Waals surface area contributed by atoms with Crippen molar-refractivity contribution < 1.29 is 14.7 Å². The highest BCUT2D eigenvalue weighted by molar-refractivity contribution is 5.78. The predicted molar refractivity (Wildman–Crippen MR) is 69.1 cm³/mol. The zero-order chi connectivity index (χ0) is 13.8. The molecule has 0 spiro atoms. The number of carbonyl (C=O) groups excluding carboxylic acids is 1. The third kappa shape index (κ3) is 3.70. The van der Waals surface area contributed by atoms with Gasteiger partial charge in [0.2, 0.25) is 5.91 Å². The molecular weight excluding hydrogens is 232 g/mol. The lowest BCUT2D eigenvalue weighted by atomic mass is 9.66. The Morgan fingerprint density at radius 1 is 1.39 bits per heavy atom. The summed E-state index contributed by atoms with van der Waals surface area (Å²) in [6.07, 6.45) is 3.63. The fourth-order valence-corrected chi connectivity index (χ4v) is 2.44. The number of carboxylic acid groups (broad SMARTS) is 1. The Labute approximate surface area is 108 Å². The third-order valence-corrected chi connectivity index (χ3v) is 3.88. The minimum absolute atomic E-state index is 0.000451. The molecule has 5 heteroatoms. The highest BCUT2D eigenvalue weighted by Gasteiger charge is 2.38. The molecule has 0 radical (unpaired) electrons. The van der Waals surface area contributed by atoms with Crippen molar-refractivity contribution in [3.05, 3.63) is 0 Å². The van der Waals surface area contributed by atoms with Crippen molar-refractivity contribution in [1.29, 1.82) is 0 Å². The third-order valence-electron chi connectivity index (χ3n) is 3.88. The van der Waals surface area contributed by atoms with Gasteiger partial charge in [0.1, 0.15) is 0 Å². The number of amides is 1. The molecule has 0 aliphatic heterocycles. The number of nitrogens with zero attached hydrogens (tertiary/aromatic N) is 1. The molecule has 1 amide bonds. The summed E-state index contributed by atoms with van der Waals surface area (Å²) < 4.78 is 0. The SMILES string of the molecule is CC(C)N(CCC(=O)O)C(=O)CC1(CN)CCC1. The van der Waals surface area contributed by atoms with Crippen LogP contribution in [0.1, 0.15) is 46.0 Å². The first-order valence-electron chi connectivity index (χ1n) is 6.61. The Hall–Kier alpha value is -1.10. The molecule has 0 heterocycles. The number of aliphatic carboxylic acids is 1. The van der Waals surface area contributed by atoms with Gasteiger partial charge in [0.15, 0.2) is 0 Å². The van der Waals surface area contributed by atoms with Gasteiger partial charge in [0, 0.05) is 19.0 Å². The van der Waals surface area contributed by atoms with E-state index in [0.29, 0.717) is 13.0 Å². The molecule has 0 aromatic heterocycles. The highest BCUT2D eigenvalue weighted by atomic mass is 16.4. The van der Waals surface area contributed by atoms with Crippen LogP contribution in [0.25, 0.3) is 0 Å². The first kappa shape index (κ1) is 15.0. The monoisotopic (exact) mass is 256 g/mol. The lowest BCUT2D eigenvalue weighted by molar-refractivity contribution is -0.140. The van der Waals surface area contributed by atoms with Gasteiger partial charge in [-0.15, -0.1) is 0 Å². The number of carbonyl (C=O) groups is 2. The second-order valence-corrected chi connectivity index (χ2v) is 5.56. The molecule has 1 fully saturated rings. The van der Waals surface area contributed by atoms with Gasteiger partial charge in [-0.2, -0.15) is 0 Å². The number of rotatable bonds is 7. The fourth-order valence-electron chi connectivity index (χ4n) is 2.44. The van der Waals surface area contributed by atoms with Crippen LogP contribution in [0.5, 0.6) is 0 Å². The van der Waals surface area contributed by atoms with Gasteiger partial charge in [-0.25, -0.2) is 0 Å². The molecule has 3 N–H and O–H groups in total. The molecule has 0 atom stereocenters. The van der Waals surface area contributed by atoms with Crippen LogP contribution < -0.4 is 5.73 Å². The summed E-state index contributed by atoms with van der Waals surface area (Å²) >= 11 is 0. The second kappa shape index (κ2) is 6.18. The van der Waals surface area contributed by atoms with Gasteiger partial charge in [-0.3, -0.25) is 9.59 Å². The molecule has 1 rings (SSSR count). The van der Waals surface area contributed by atoms with Crippen molar-refractivity contribution >= 4 is 11.9 Å². The summed E-state index contributed by atoms with van der Waals surface area (Å²) in [6.45, 7) is 4.65. The standard InChI is InChI=1S/C13H24N2O3/c1-10(2)15(7-4-12(17)18)11(16)8-13(9-14)5-3-6-13/h10H,3-9,14H2,1-2H3,(H,17,18). The molecule has 0 aromatic rings. The average Bonchev–Trinajstić information content (AvgIpc) is 2.22. The minimum atomic E-state index is -0.870. The van der Waals surface area contributed by atoms with E-state index >= 15 is 0 Å². The smallest absolute Gasteiger partial charge is 0.305 e. The van der Waals surface area contributed by atoms with Gasteiger partial charge < -0.3 is 15.7 Å². The average molecular weight is 256 g/mol. The Kier molecular flexibility index (Phi) is 5.14. The quantitative estimate of drug-likeness (QED) is 0.717. The van der Waals surface area contributed by atoms with E-state index in [9.17, 15) is 9.59 Å².